The van der Waals surface area contributed by atoms with E-state index in [2.05, 4.69) is 41.3 Å². The maximum atomic E-state index is 5.25. The van der Waals surface area contributed by atoms with Crippen molar-refractivity contribution in [2.75, 3.05) is 7.05 Å². The number of benzene rings is 1. The van der Waals surface area contributed by atoms with E-state index in [0.29, 0.717) is 6.67 Å². The number of rotatable bonds is 4. The molecule has 17 heavy (non-hydrogen) atoms. The van der Waals surface area contributed by atoms with Crippen molar-refractivity contribution >= 4 is 12.2 Å². The summed E-state index contributed by atoms with van der Waals surface area (Å²) in [4.78, 5) is 2.18. The van der Waals surface area contributed by atoms with E-state index in [1.807, 2.05) is 22.4 Å². The summed E-state index contributed by atoms with van der Waals surface area (Å²) in [6.07, 6.45) is 1.73. The van der Waals surface area contributed by atoms with E-state index in [9.17, 15) is 0 Å². The van der Waals surface area contributed by atoms with Crippen LogP contribution in [0.5, 0.6) is 0 Å². The summed E-state index contributed by atoms with van der Waals surface area (Å²) >= 11 is 5.25. The van der Waals surface area contributed by atoms with Crippen molar-refractivity contribution in [3.8, 4) is 0 Å². The van der Waals surface area contributed by atoms with Gasteiger partial charge in [-0.15, -0.1) is 0 Å². The number of aryl methyl sites for hydroxylation is 1. The molecule has 0 spiro atoms. The number of aromatic nitrogens is 3. The highest BCUT2D eigenvalue weighted by Crippen LogP contribution is 2.03. The normalized spacial score (nSPS) is 11.0. The maximum absolute atomic E-state index is 5.25. The Kier molecular flexibility index (Phi) is 3.71. The summed E-state index contributed by atoms with van der Waals surface area (Å²) in [7, 11) is 3.96. The molecule has 0 amide bonds. The number of hydrogen-bond donors (Lipinski definition) is 0. The maximum Gasteiger partial charge on any atom is 0.198 e. The zero-order valence-corrected chi connectivity index (χ0v) is 10.9. The van der Waals surface area contributed by atoms with Gasteiger partial charge in [0.2, 0.25) is 0 Å². The predicted molar refractivity (Wildman–Crippen MR) is 69.9 cm³/mol. The second-order valence-corrected chi connectivity index (χ2v) is 4.53. The van der Waals surface area contributed by atoms with Crippen molar-refractivity contribution in [1.29, 1.82) is 0 Å². The Labute approximate surface area is 106 Å². The fourth-order valence-electron chi connectivity index (χ4n) is 1.69. The van der Waals surface area contributed by atoms with Gasteiger partial charge in [0.05, 0.1) is 6.67 Å². The molecule has 1 heterocycles. The Hall–Kier alpha value is -1.46. The highest BCUT2D eigenvalue weighted by molar-refractivity contribution is 7.71. The van der Waals surface area contributed by atoms with Crippen LogP contribution in [-0.4, -0.2) is 26.3 Å². The summed E-state index contributed by atoms with van der Waals surface area (Å²) in [6, 6.07) is 10.4. The minimum Gasteiger partial charge on any atom is -0.310 e. The Morgan fingerprint density at radius 3 is 2.59 bits per heavy atom. The van der Waals surface area contributed by atoms with Crippen LogP contribution in [-0.2, 0) is 20.3 Å². The van der Waals surface area contributed by atoms with E-state index in [1.165, 1.54) is 5.56 Å². The van der Waals surface area contributed by atoms with Gasteiger partial charge in [-0.2, -0.15) is 5.10 Å². The topological polar surface area (TPSA) is 26.0 Å². The van der Waals surface area contributed by atoms with Crippen LogP contribution in [0, 0.1) is 4.77 Å². The lowest BCUT2D eigenvalue weighted by Gasteiger charge is -2.16. The van der Waals surface area contributed by atoms with Crippen molar-refractivity contribution in [3.05, 3.63) is 47.0 Å². The summed E-state index contributed by atoms with van der Waals surface area (Å²) < 4.78 is 4.40. The van der Waals surface area contributed by atoms with E-state index in [1.54, 1.807) is 6.33 Å². The fourth-order valence-corrected chi connectivity index (χ4v) is 1.84. The molecule has 0 N–H and O–H groups in total. The Morgan fingerprint density at radius 2 is 2.00 bits per heavy atom. The third kappa shape index (κ3) is 3.01. The van der Waals surface area contributed by atoms with E-state index < -0.39 is 0 Å². The third-order valence-electron chi connectivity index (χ3n) is 2.56. The van der Waals surface area contributed by atoms with Gasteiger partial charge in [-0.25, -0.2) is 4.68 Å². The van der Waals surface area contributed by atoms with Crippen LogP contribution in [0.1, 0.15) is 5.56 Å². The summed E-state index contributed by atoms with van der Waals surface area (Å²) in [5.41, 5.74) is 1.29. The van der Waals surface area contributed by atoms with Crippen molar-refractivity contribution < 1.29 is 0 Å². The SMILES string of the molecule is CN(Cc1ccccc1)Cn1ncn(C)c1=S. The van der Waals surface area contributed by atoms with E-state index >= 15 is 0 Å². The Morgan fingerprint density at radius 1 is 1.29 bits per heavy atom. The molecule has 0 atom stereocenters. The van der Waals surface area contributed by atoms with Gasteiger partial charge in [-0.1, -0.05) is 30.3 Å². The Bertz CT molecular complexity index is 529. The van der Waals surface area contributed by atoms with Crippen LogP contribution >= 0.6 is 12.2 Å². The molecule has 0 saturated carbocycles. The average molecular weight is 248 g/mol. The van der Waals surface area contributed by atoms with Gasteiger partial charge in [-0.3, -0.25) is 4.90 Å². The number of hydrogen-bond acceptors (Lipinski definition) is 3. The molecule has 2 rings (SSSR count). The fraction of sp³-hybridized carbons (Fsp3) is 0.333. The molecule has 0 aliphatic rings. The van der Waals surface area contributed by atoms with Gasteiger partial charge < -0.3 is 4.57 Å². The average Bonchev–Trinajstić information content (AvgIpc) is 2.62. The summed E-state index contributed by atoms with van der Waals surface area (Å²) in [5.74, 6) is 0. The molecule has 0 radical (unpaired) electrons. The van der Waals surface area contributed by atoms with Crippen LogP contribution in [0.2, 0.25) is 0 Å². The van der Waals surface area contributed by atoms with Crippen LogP contribution < -0.4 is 0 Å². The van der Waals surface area contributed by atoms with Gasteiger partial charge in [0, 0.05) is 13.6 Å². The van der Waals surface area contributed by atoms with Crippen LogP contribution in [0.4, 0.5) is 0 Å². The molecule has 0 fully saturated rings. The van der Waals surface area contributed by atoms with Gasteiger partial charge in [-0.05, 0) is 24.8 Å². The van der Waals surface area contributed by atoms with Crippen molar-refractivity contribution in [1.82, 2.24) is 19.2 Å². The molecule has 5 heteroatoms. The second kappa shape index (κ2) is 5.25. The van der Waals surface area contributed by atoms with E-state index in [0.717, 1.165) is 11.3 Å². The van der Waals surface area contributed by atoms with Crippen molar-refractivity contribution in [3.63, 3.8) is 0 Å². The van der Waals surface area contributed by atoms with Crippen LogP contribution in [0.25, 0.3) is 0 Å². The van der Waals surface area contributed by atoms with Crippen LogP contribution in [0.3, 0.4) is 0 Å². The van der Waals surface area contributed by atoms with Gasteiger partial charge in [0.1, 0.15) is 6.33 Å². The lowest BCUT2D eigenvalue weighted by atomic mass is 10.2. The third-order valence-corrected chi connectivity index (χ3v) is 3.06. The summed E-state index contributed by atoms with van der Waals surface area (Å²) in [6.45, 7) is 1.59. The van der Waals surface area contributed by atoms with Gasteiger partial charge in [0.15, 0.2) is 4.77 Å². The highest BCUT2D eigenvalue weighted by Gasteiger charge is 2.03. The molecular weight excluding hydrogens is 232 g/mol. The van der Waals surface area contributed by atoms with Gasteiger partial charge >= 0.3 is 0 Å². The standard InChI is InChI=1S/C12H16N4S/c1-14(8-11-6-4-3-5-7-11)10-16-12(17)15(2)9-13-16/h3-7,9H,8,10H2,1-2H3. The first-order valence-corrected chi connectivity index (χ1v) is 5.88. The smallest absolute Gasteiger partial charge is 0.198 e. The molecule has 1 aromatic heterocycles. The summed E-state index contributed by atoms with van der Waals surface area (Å²) in [5, 5.41) is 4.23. The minimum atomic E-state index is 0.703. The van der Waals surface area contributed by atoms with E-state index in [4.69, 9.17) is 12.2 Å². The first-order chi connectivity index (χ1) is 8.16. The molecule has 0 saturated heterocycles. The first-order valence-electron chi connectivity index (χ1n) is 5.48. The minimum absolute atomic E-state index is 0.703. The van der Waals surface area contributed by atoms with Crippen LogP contribution in [0.15, 0.2) is 36.7 Å². The van der Waals surface area contributed by atoms with Gasteiger partial charge in [0.25, 0.3) is 0 Å². The zero-order valence-electron chi connectivity index (χ0n) is 10.1. The zero-order chi connectivity index (χ0) is 12.3. The lowest BCUT2D eigenvalue weighted by molar-refractivity contribution is 0.244. The molecule has 0 aliphatic heterocycles. The molecule has 1 aromatic carbocycles. The molecule has 90 valence electrons. The lowest BCUT2D eigenvalue weighted by Crippen LogP contribution is -2.22. The first kappa shape index (κ1) is 12.0. The molecule has 0 unspecified atom stereocenters. The number of nitrogens with zero attached hydrogens (tertiary/aromatic N) is 4. The second-order valence-electron chi connectivity index (χ2n) is 4.17. The molecule has 4 nitrogen and oxygen atoms in total. The molecular formula is C12H16N4S. The molecule has 0 bridgehead atoms. The highest BCUT2D eigenvalue weighted by atomic mass is 32.1. The monoisotopic (exact) mass is 248 g/mol. The van der Waals surface area contributed by atoms with Crippen molar-refractivity contribution in [2.45, 2.75) is 13.2 Å². The molecule has 2 aromatic rings. The molecule has 0 aliphatic carbocycles. The Balaban J connectivity index is 2.01. The van der Waals surface area contributed by atoms with E-state index in [-0.39, 0.29) is 0 Å². The van der Waals surface area contributed by atoms with Crippen molar-refractivity contribution in [2.24, 2.45) is 7.05 Å². The quantitative estimate of drug-likeness (QED) is 0.774. The largest absolute Gasteiger partial charge is 0.310 e. The predicted octanol–water partition coefficient (Wildman–Crippen LogP) is 2.04.